The maximum Gasteiger partial charge on any atom is 0.426 e. The zero-order valence-electron chi connectivity index (χ0n) is 12.7. The molecule has 1 atom stereocenters. The minimum absolute atomic E-state index is 0.0485. The summed E-state index contributed by atoms with van der Waals surface area (Å²) in [4.78, 5) is 12.5. The summed E-state index contributed by atoms with van der Waals surface area (Å²) < 4.78 is 51.6. The quantitative estimate of drug-likeness (QED) is 0.728. The van der Waals surface area contributed by atoms with Gasteiger partial charge in [-0.05, 0) is 37.3 Å². The third kappa shape index (κ3) is 4.45. The number of benzene rings is 2. The molecule has 0 aliphatic heterocycles. The zero-order valence-corrected chi connectivity index (χ0v) is 14.3. The van der Waals surface area contributed by atoms with E-state index in [2.05, 4.69) is 0 Å². The Morgan fingerprint density at radius 3 is 2.40 bits per heavy atom. The van der Waals surface area contributed by atoms with E-state index in [1.165, 1.54) is 30.3 Å². The Morgan fingerprint density at radius 2 is 1.84 bits per heavy atom. The minimum atomic E-state index is -5.13. The van der Waals surface area contributed by atoms with E-state index in [0.717, 1.165) is 11.8 Å². The molecule has 0 saturated heterocycles. The van der Waals surface area contributed by atoms with E-state index in [9.17, 15) is 27.5 Å². The first-order valence-corrected chi connectivity index (χ1v) is 8.04. The van der Waals surface area contributed by atoms with Gasteiger partial charge in [0, 0.05) is 9.79 Å². The molecule has 134 valence electrons. The lowest BCUT2D eigenvalue weighted by molar-refractivity contribution is -0.242. The Balaban J connectivity index is 2.17. The summed E-state index contributed by atoms with van der Waals surface area (Å²) >= 11 is 7.02. The van der Waals surface area contributed by atoms with Crippen molar-refractivity contribution in [2.75, 3.05) is 5.32 Å². The zero-order chi connectivity index (χ0) is 18.8. The summed E-state index contributed by atoms with van der Waals surface area (Å²) in [6.45, 7) is 0.346. The molecular weight excluding hydrogens is 382 g/mol. The van der Waals surface area contributed by atoms with Crippen molar-refractivity contribution in [2.24, 2.45) is 0 Å². The first-order valence-electron chi connectivity index (χ1n) is 6.85. The molecule has 0 saturated carbocycles. The third-order valence-corrected chi connectivity index (χ3v) is 4.60. The number of nitrogens with one attached hydrogen (secondary N) is 1. The molecule has 0 aliphatic carbocycles. The monoisotopic (exact) mass is 393 g/mol. The van der Waals surface area contributed by atoms with Gasteiger partial charge in [-0.1, -0.05) is 35.5 Å². The number of alkyl halides is 3. The van der Waals surface area contributed by atoms with Gasteiger partial charge in [-0.15, -0.1) is 0 Å². The second-order valence-corrected chi connectivity index (χ2v) is 6.72. The highest BCUT2D eigenvalue weighted by molar-refractivity contribution is 7.99. The molecule has 0 radical (unpaired) electrons. The lowest BCUT2D eigenvalue weighted by atomic mass is 10.1. The standard InChI is InChI=1S/C16H12ClF4NO2S/c1-15(24,16(19,20)21)14(23)22-12-7-6-9(8-10(12)17)25-13-5-3-2-4-11(13)18/h2-8,24H,1H3,(H,22,23). The summed E-state index contributed by atoms with van der Waals surface area (Å²) in [7, 11) is 0. The van der Waals surface area contributed by atoms with Crippen molar-refractivity contribution < 1.29 is 27.5 Å². The van der Waals surface area contributed by atoms with Gasteiger partial charge in [-0.3, -0.25) is 4.79 Å². The average Bonchev–Trinajstić information content (AvgIpc) is 2.51. The van der Waals surface area contributed by atoms with E-state index < -0.39 is 23.5 Å². The van der Waals surface area contributed by atoms with Crippen LogP contribution in [0.4, 0.5) is 23.2 Å². The van der Waals surface area contributed by atoms with Crippen molar-refractivity contribution in [2.45, 2.75) is 28.5 Å². The molecule has 2 N–H and O–H groups in total. The van der Waals surface area contributed by atoms with Crippen LogP contribution in [-0.4, -0.2) is 22.8 Å². The Kier molecular flexibility index (Phi) is 5.65. The number of aliphatic hydroxyl groups is 1. The van der Waals surface area contributed by atoms with Gasteiger partial charge in [-0.2, -0.15) is 13.2 Å². The molecule has 9 heteroatoms. The molecule has 25 heavy (non-hydrogen) atoms. The number of amides is 1. The number of rotatable bonds is 4. The lowest BCUT2D eigenvalue weighted by Gasteiger charge is -2.25. The maximum atomic E-state index is 13.6. The molecular formula is C16H12ClF4NO2S. The van der Waals surface area contributed by atoms with E-state index in [-0.39, 0.29) is 10.7 Å². The maximum absolute atomic E-state index is 13.6. The topological polar surface area (TPSA) is 49.3 Å². The summed E-state index contributed by atoms with van der Waals surface area (Å²) in [5.74, 6) is -2.08. The van der Waals surface area contributed by atoms with Gasteiger partial charge in [0.25, 0.3) is 5.91 Å². The number of hydrogen-bond acceptors (Lipinski definition) is 3. The van der Waals surface area contributed by atoms with Crippen LogP contribution in [0.3, 0.4) is 0 Å². The first kappa shape index (κ1) is 19.6. The third-order valence-electron chi connectivity index (χ3n) is 3.25. The van der Waals surface area contributed by atoms with Crippen molar-refractivity contribution in [1.29, 1.82) is 0 Å². The smallest absolute Gasteiger partial charge is 0.373 e. The Bertz CT molecular complexity index is 796. The van der Waals surface area contributed by atoms with Gasteiger partial charge in [0.15, 0.2) is 0 Å². The van der Waals surface area contributed by atoms with Crippen LogP contribution in [0, 0.1) is 5.82 Å². The van der Waals surface area contributed by atoms with Crippen molar-refractivity contribution in [3.63, 3.8) is 0 Å². The van der Waals surface area contributed by atoms with Crippen LogP contribution >= 0.6 is 23.4 Å². The predicted molar refractivity (Wildman–Crippen MR) is 87.3 cm³/mol. The molecule has 2 rings (SSSR count). The van der Waals surface area contributed by atoms with Gasteiger partial charge in [0.1, 0.15) is 5.82 Å². The molecule has 1 unspecified atom stereocenters. The van der Waals surface area contributed by atoms with Gasteiger partial charge >= 0.3 is 6.18 Å². The van der Waals surface area contributed by atoms with Crippen molar-refractivity contribution in [3.05, 3.63) is 53.3 Å². The summed E-state index contributed by atoms with van der Waals surface area (Å²) in [5.41, 5.74) is -3.66. The summed E-state index contributed by atoms with van der Waals surface area (Å²) in [6, 6.07) is 10.1. The molecule has 2 aromatic rings. The second kappa shape index (κ2) is 7.23. The van der Waals surface area contributed by atoms with Gasteiger partial charge in [-0.25, -0.2) is 4.39 Å². The average molecular weight is 394 g/mol. The van der Waals surface area contributed by atoms with Crippen LogP contribution in [-0.2, 0) is 4.79 Å². The van der Waals surface area contributed by atoms with E-state index in [4.69, 9.17) is 11.6 Å². The Morgan fingerprint density at radius 1 is 1.20 bits per heavy atom. The van der Waals surface area contributed by atoms with Gasteiger partial charge in [0.05, 0.1) is 10.7 Å². The largest absolute Gasteiger partial charge is 0.426 e. The molecule has 0 aliphatic rings. The van der Waals surface area contributed by atoms with Crippen LogP contribution in [0.15, 0.2) is 52.3 Å². The summed E-state index contributed by atoms with van der Waals surface area (Å²) in [5, 5.41) is 11.2. The van der Waals surface area contributed by atoms with Crippen LogP contribution in [0.2, 0.25) is 5.02 Å². The number of carbonyl (C=O) groups excluding carboxylic acids is 1. The fourth-order valence-corrected chi connectivity index (χ4v) is 2.86. The number of carbonyl (C=O) groups is 1. The molecule has 0 spiro atoms. The Hall–Kier alpha value is -1.77. The molecule has 0 aromatic heterocycles. The normalized spacial score (nSPS) is 14.0. The van der Waals surface area contributed by atoms with E-state index in [0.29, 0.717) is 16.7 Å². The van der Waals surface area contributed by atoms with E-state index in [1.807, 2.05) is 5.32 Å². The highest BCUT2D eigenvalue weighted by Gasteiger charge is 2.55. The van der Waals surface area contributed by atoms with Crippen molar-refractivity contribution in [3.8, 4) is 0 Å². The van der Waals surface area contributed by atoms with Crippen LogP contribution in [0.5, 0.6) is 0 Å². The predicted octanol–water partition coefficient (Wildman–Crippen LogP) is 4.88. The molecule has 0 bridgehead atoms. The van der Waals surface area contributed by atoms with Crippen LogP contribution < -0.4 is 5.32 Å². The Labute approximate surface area is 150 Å². The fourth-order valence-electron chi connectivity index (χ4n) is 1.69. The number of anilines is 1. The summed E-state index contributed by atoms with van der Waals surface area (Å²) in [6.07, 6.45) is -5.13. The minimum Gasteiger partial charge on any atom is -0.373 e. The van der Waals surface area contributed by atoms with Crippen molar-refractivity contribution in [1.82, 2.24) is 0 Å². The molecule has 0 heterocycles. The van der Waals surface area contributed by atoms with E-state index >= 15 is 0 Å². The van der Waals surface area contributed by atoms with Crippen LogP contribution in [0.25, 0.3) is 0 Å². The van der Waals surface area contributed by atoms with Crippen molar-refractivity contribution >= 4 is 35.0 Å². The highest BCUT2D eigenvalue weighted by Crippen LogP contribution is 2.35. The lowest BCUT2D eigenvalue weighted by Crippen LogP contribution is -2.52. The number of hydrogen-bond donors (Lipinski definition) is 2. The fraction of sp³-hybridized carbons (Fsp3) is 0.188. The molecule has 3 nitrogen and oxygen atoms in total. The van der Waals surface area contributed by atoms with Crippen LogP contribution in [0.1, 0.15) is 6.92 Å². The SMILES string of the molecule is CC(O)(C(=O)Nc1ccc(Sc2ccccc2F)cc1Cl)C(F)(F)F. The first-order chi connectivity index (χ1) is 11.5. The van der Waals surface area contributed by atoms with Gasteiger partial charge < -0.3 is 10.4 Å². The molecule has 1 amide bonds. The number of halogens is 5. The van der Waals surface area contributed by atoms with Gasteiger partial charge in [0.2, 0.25) is 5.60 Å². The molecule has 2 aromatic carbocycles. The highest BCUT2D eigenvalue weighted by atomic mass is 35.5. The second-order valence-electron chi connectivity index (χ2n) is 5.20. The van der Waals surface area contributed by atoms with E-state index in [1.54, 1.807) is 12.1 Å². The molecule has 0 fully saturated rings.